The summed E-state index contributed by atoms with van der Waals surface area (Å²) < 4.78 is 26.0. The summed E-state index contributed by atoms with van der Waals surface area (Å²) in [5, 5.41) is 2.98. The molecule has 2 aromatic carbocycles. The summed E-state index contributed by atoms with van der Waals surface area (Å²) in [6, 6.07) is 13.8. The highest BCUT2D eigenvalue weighted by Gasteiger charge is 2.18. The van der Waals surface area contributed by atoms with Gasteiger partial charge in [0.25, 0.3) is 5.91 Å². The highest BCUT2D eigenvalue weighted by atomic mass is 32.2. The van der Waals surface area contributed by atoms with Crippen LogP contribution in [0, 0.1) is 6.92 Å². The molecule has 0 aliphatic heterocycles. The quantitative estimate of drug-likeness (QED) is 0.844. The van der Waals surface area contributed by atoms with E-state index in [1.54, 1.807) is 12.1 Å². The van der Waals surface area contributed by atoms with E-state index in [0.717, 1.165) is 17.5 Å². The number of sulfonamides is 1. The standard InChI is InChI=1S/C18H22N2O3S/c1-4-17(16-11-6-5-8-13(16)2)20-18(21)14-9-7-10-15(12-14)24(22,23)19-3/h5-12,17,19H,4H2,1-3H3,(H,20,21)/t17-/m0/s1. The third-order valence-corrected chi connectivity index (χ3v) is 5.36. The maximum absolute atomic E-state index is 12.5. The molecule has 0 heterocycles. The number of benzene rings is 2. The predicted octanol–water partition coefficient (Wildman–Crippen LogP) is 2.78. The van der Waals surface area contributed by atoms with Crippen LogP contribution in [0.4, 0.5) is 0 Å². The van der Waals surface area contributed by atoms with Gasteiger partial charge in [-0.2, -0.15) is 0 Å². The van der Waals surface area contributed by atoms with Gasteiger partial charge in [0.2, 0.25) is 10.0 Å². The minimum atomic E-state index is -3.58. The topological polar surface area (TPSA) is 75.3 Å². The highest BCUT2D eigenvalue weighted by Crippen LogP contribution is 2.21. The molecule has 2 N–H and O–H groups in total. The van der Waals surface area contributed by atoms with Gasteiger partial charge in [0.15, 0.2) is 0 Å². The molecule has 5 nitrogen and oxygen atoms in total. The van der Waals surface area contributed by atoms with Gasteiger partial charge in [0, 0.05) is 5.56 Å². The van der Waals surface area contributed by atoms with Crippen LogP contribution in [0.2, 0.25) is 0 Å². The maximum atomic E-state index is 12.5. The summed E-state index contributed by atoms with van der Waals surface area (Å²) in [6.07, 6.45) is 0.741. The van der Waals surface area contributed by atoms with Crippen molar-refractivity contribution in [1.29, 1.82) is 0 Å². The van der Waals surface area contributed by atoms with Crippen molar-refractivity contribution < 1.29 is 13.2 Å². The molecule has 0 fully saturated rings. The zero-order valence-electron chi connectivity index (χ0n) is 14.0. The molecule has 0 aliphatic carbocycles. The van der Waals surface area contributed by atoms with Crippen molar-refractivity contribution in [3.05, 3.63) is 65.2 Å². The molecule has 128 valence electrons. The average Bonchev–Trinajstić information content (AvgIpc) is 2.60. The molecule has 2 rings (SSSR count). The van der Waals surface area contributed by atoms with E-state index in [2.05, 4.69) is 10.0 Å². The summed E-state index contributed by atoms with van der Waals surface area (Å²) in [5.74, 6) is -0.293. The summed E-state index contributed by atoms with van der Waals surface area (Å²) in [7, 11) is -2.24. The van der Waals surface area contributed by atoms with E-state index in [0.29, 0.717) is 5.56 Å². The monoisotopic (exact) mass is 346 g/mol. The predicted molar refractivity (Wildman–Crippen MR) is 94.4 cm³/mol. The van der Waals surface area contributed by atoms with Gasteiger partial charge in [-0.3, -0.25) is 4.79 Å². The van der Waals surface area contributed by atoms with Crippen LogP contribution in [0.1, 0.15) is 40.9 Å². The van der Waals surface area contributed by atoms with Crippen molar-refractivity contribution >= 4 is 15.9 Å². The number of hydrogen-bond donors (Lipinski definition) is 2. The zero-order chi connectivity index (χ0) is 17.7. The van der Waals surface area contributed by atoms with Crippen molar-refractivity contribution in [2.45, 2.75) is 31.2 Å². The molecular weight excluding hydrogens is 324 g/mol. The lowest BCUT2D eigenvalue weighted by Gasteiger charge is -2.19. The fourth-order valence-corrected chi connectivity index (χ4v) is 3.32. The van der Waals surface area contributed by atoms with E-state index in [4.69, 9.17) is 0 Å². The molecule has 0 spiro atoms. The Hall–Kier alpha value is -2.18. The second-order valence-electron chi connectivity index (χ2n) is 5.53. The summed E-state index contributed by atoms with van der Waals surface area (Å²) in [5.41, 5.74) is 2.49. The molecule has 1 atom stereocenters. The van der Waals surface area contributed by atoms with Gasteiger partial charge in [-0.25, -0.2) is 13.1 Å². The van der Waals surface area contributed by atoms with Gasteiger partial charge in [-0.15, -0.1) is 0 Å². The number of carbonyl (C=O) groups excluding carboxylic acids is 1. The average molecular weight is 346 g/mol. The molecule has 0 unspecified atom stereocenters. The molecule has 2 aromatic rings. The van der Waals surface area contributed by atoms with Gasteiger partial charge < -0.3 is 5.32 Å². The zero-order valence-corrected chi connectivity index (χ0v) is 14.9. The Balaban J connectivity index is 2.26. The van der Waals surface area contributed by atoms with Crippen molar-refractivity contribution in [3.8, 4) is 0 Å². The Morgan fingerprint density at radius 3 is 2.46 bits per heavy atom. The molecule has 0 aromatic heterocycles. The van der Waals surface area contributed by atoms with Crippen LogP contribution in [-0.2, 0) is 10.0 Å². The molecule has 0 bridgehead atoms. The van der Waals surface area contributed by atoms with Crippen molar-refractivity contribution in [2.75, 3.05) is 7.05 Å². The first kappa shape index (κ1) is 18.2. The number of amides is 1. The van der Waals surface area contributed by atoms with Crippen LogP contribution in [0.25, 0.3) is 0 Å². The fourth-order valence-electron chi connectivity index (χ4n) is 2.54. The molecule has 24 heavy (non-hydrogen) atoms. The first-order valence-corrected chi connectivity index (χ1v) is 9.27. The molecular formula is C18H22N2O3S. The summed E-state index contributed by atoms with van der Waals surface area (Å²) in [6.45, 7) is 4.00. The van der Waals surface area contributed by atoms with E-state index in [-0.39, 0.29) is 16.8 Å². The van der Waals surface area contributed by atoms with Crippen LogP contribution in [0.3, 0.4) is 0 Å². The number of aryl methyl sites for hydroxylation is 1. The summed E-state index contributed by atoms with van der Waals surface area (Å²) >= 11 is 0. The molecule has 0 saturated carbocycles. The minimum Gasteiger partial charge on any atom is -0.345 e. The van der Waals surface area contributed by atoms with E-state index in [1.807, 2.05) is 38.1 Å². The minimum absolute atomic E-state index is 0.0709. The van der Waals surface area contributed by atoms with Gasteiger partial charge in [0.05, 0.1) is 10.9 Å². The lowest BCUT2D eigenvalue weighted by atomic mass is 9.99. The highest BCUT2D eigenvalue weighted by molar-refractivity contribution is 7.89. The smallest absolute Gasteiger partial charge is 0.251 e. The molecule has 0 aliphatic rings. The third-order valence-electron chi connectivity index (χ3n) is 3.95. The fraction of sp³-hybridized carbons (Fsp3) is 0.278. The number of rotatable bonds is 6. The molecule has 0 radical (unpaired) electrons. The Bertz CT molecular complexity index is 832. The normalized spacial score (nSPS) is 12.6. The van der Waals surface area contributed by atoms with E-state index < -0.39 is 10.0 Å². The van der Waals surface area contributed by atoms with Gasteiger partial charge in [-0.05, 0) is 49.7 Å². The first-order chi connectivity index (χ1) is 11.4. The van der Waals surface area contributed by atoms with Crippen molar-refractivity contribution in [2.24, 2.45) is 0 Å². The van der Waals surface area contributed by atoms with Crippen LogP contribution in [0.15, 0.2) is 53.4 Å². The number of hydrogen-bond acceptors (Lipinski definition) is 3. The Morgan fingerprint density at radius 2 is 1.83 bits per heavy atom. The Labute approximate surface area is 143 Å². The van der Waals surface area contributed by atoms with E-state index >= 15 is 0 Å². The van der Waals surface area contributed by atoms with Crippen LogP contribution in [-0.4, -0.2) is 21.4 Å². The SMILES string of the molecule is CC[C@H](NC(=O)c1cccc(S(=O)(=O)NC)c1)c1ccccc1C. The second kappa shape index (κ2) is 7.59. The van der Waals surface area contributed by atoms with Gasteiger partial charge in [-0.1, -0.05) is 37.3 Å². The largest absolute Gasteiger partial charge is 0.345 e. The molecule has 1 amide bonds. The molecule has 6 heteroatoms. The third kappa shape index (κ3) is 4.01. The molecule has 0 saturated heterocycles. The second-order valence-corrected chi connectivity index (χ2v) is 7.41. The maximum Gasteiger partial charge on any atom is 0.251 e. The van der Waals surface area contributed by atoms with Gasteiger partial charge >= 0.3 is 0 Å². The van der Waals surface area contributed by atoms with Crippen molar-refractivity contribution in [3.63, 3.8) is 0 Å². The van der Waals surface area contributed by atoms with Crippen LogP contribution in [0.5, 0.6) is 0 Å². The lowest BCUT2D eigenvalue weighted by Crippen LogP contribution is -2.29. The van der Waals surface area contributed by atoms with E-state index in [9.17, 15) is 13.2 Å². The van der Waals surface area contributed by atoms with Gasteiger partial charge in [0.1, 0.15) is 0 Å². The van der Waals surface area contributed by atoms with E-state index in [1.165, 1.54) is 19.2 Å². The van der Waals surface area contributed by atoms with Crippen molar-refractivity contribution in [1.82, 2.24) is 10.0 Å². The summed E-state index contributed by atoms with van der Waals surface area (Å²) in [4.78, 5) is 12.6. The Kier molecular flexibility index (Phi) is 5.75. The first-order valence-electron chi connectivity index (χ1n) is 7.79. The van der Waals surface area contributed by atoms with Crippen LogP contribution >= 0.6 is 0 Å². The number of carbonyl (C=O) groups is 1. The van der Waals surface area contributed by atoms with Crippen LogP contribution < -0.4 is 10.0 Å². The Morgan fingerprint density at radius 1 is 1.12 bits per heavy atom. The lowest BCUT2D eigenvalue weighted by molar-refractivity contribution is 0.0935. The number of nitrogens with one attached hydrogen (secondary N) is 2.